The van der Waals surface area contributed by atoms with Gasteiger partial charge in [0, 0.05) is 23.6 Å². The Bertz CT molecular complexity index is 1380. The van der Waals surface area contributed by atoms with Gasteiger partial charge in [0.15, 0.2) is 11.4 Å². The highest BCUT2D eigenvalue weighted by Gasteiger charge is 2.34. The zero-order valence-electron chi connectivity index (χ0n) is 17.1. The van der Waals surface area contributed by atoms with Crippen LogP contribution in [0.3, 0.4) is 0 Å². The van der Waals surface area contributed by atoms with Crippen LogP contribution in [-0.4, -0.2) is 39.5 Å². The minimum Gasteiger partial charge on any atom is -0.462 e. The van der Waals surface area contributed by atoms with Gasteiger partial charge < -0.3 is 9.64 Å². The molecule has 0 amide bonds. The number of benzene rings is 2. The van der Waals surface area contributed by atoms with Gasteiger partial charge in [0.25, 0.3) is 0 Å². The number of halogens is 2. The molecular weight excluding hydrogens is 418 g/mol. The van der Waals surface area contributed by atoms with Crippen LogP contribution in [0.5, 0.6) is 0 Å². The number of ether oxygens (including phenoxy) is 1. The van der Waals surface area contributed by atoms with Crippen molar-refractivity contribution in [2.45, 2.75) is 19.4 Å². The summed E-state index contributed by atoms with van der Waals surface area (Å²) < 4.78 is 34.9. The standard InChI is InChI=1S/C23H18F2N4O3/c1-2-32-23(31)13-3-6-19-17(9-13)22-26-21(7-8-29(22)27-19)28-12-15(30)11-20(28)16-10-14(24)4-5-18(16)25/h3-10,20H,2,11-12H2,1H3. The summed E-state index contributed by atoms with van der Waals surface area (Å²) in [5.41, 5.74) is 1.59. The van der Waals surface area contributed by atoms with Crippen molar-refractivity contribution < 1.29 is 23.1 Å². The minimum absolute atomic E-state index is 0.0317. The molecule has 32 heavy (non-hydrogen) atoms. The zero-order chi connectivity index (χ0) is 22.4. The Morgan fingerprint density at radius 2 is 2.03 bits per heavy atom. The number of anilines is 1. The molecule has 1 unspecified atom stereocenters. The molecule has 0 spiro atoms. The quantitative estimate of drug-likeness (QED) is 0.452. The lowest BCUT2D eigenvalue weighted by Gasteiger charge is -2.25. The summed E-state index contributed by atoms with van der Waals surface area (Å²) in [5, 5.41) is 5.09. The Hall–Kier alpha value is -3.88. The molecule has 2 aromatic carbocycles. The summed E-state index contributed by atoms with van der Waals surface area (Å²) in [6.07, 6.45) is 1.74. The first kappa shape index (κ1) is 20.0. The van der Waals surface area contributed by atoms with Gasteiger partial charge in [-0.05, 0) is 49.4 Å². The molecule has 0 saturated carbocycles. The van der Waals surface area contributed by atoms with Gasteiger partial charge in [0.2, 0.25) is 0 Å². The van der Waals surface area contributed by atoms with Gasteiger partial charge in [-0.15, -0.1) is 0 Å². The van der Waals surface area contributed by atoms with Gasteiger partial charge in [0.05, 0.1) is 30.3 Å². The topological polar surface area (TPSA) is 76.8 Å². The number of hydrogen-bond acceptors (Lipinski definition) is 6. The molecular formula is C23H18F2N4O3. The van der Waals surface area contributed by atoms with E-state index in [1.165, 1.54) is 0 Å². The summed E-state index contributed by atoms with van der Waals surface area (Å²) >= 11 is 0. The number of nitrogens with zero attached hydrogens (tertiary/aromatic N) is 4. The summed E-state index contributed by atoms with van der Waals surface area (Å²) in [5.74, 6) is -1.26. The molecule has 0 aliphatic carbocycles. The van der Waals surface area contributed by atoms with Crippen LogP contribution in [0.2, 0.25) is 0 Å². The summed E-state index contributed by atoms with van der Waals surface area (Å²) in [6, 6.07) is 9.23. The number of carbonyl (C=O) groups is 2. The van der Waals surface area contributed by atoms with Crippen LogP contribution < -0.4 is 4.90 Å². The van der Waals surface area contributed by atoms with Crippen LogP contribution in [0.1, 0.15) is 35.3 Å². The molecule has 3 heterocycles. The number of ketones is 1. The third-order valence-corrected chi connectivity index (χ3v) is 5.52. The van der Waals surface area contributed by atoms with Crippen molar-refractivity contribution >= 4 is 34.1 Å². The van der Waals surface area contributed by atoms with Gasteiger partial charge in [-0.25, -0.2) is 23.1 Å². The Balaban J connectivity index is 1.60. The zero-order valence-corrected chi connectivity index (χ0v) is 17.1. The second-order valence-corrected chi connectivity index (χ2v) is 7.56. The van der Waals surface area contributed by atoms with E-state index in [9.17, 15) is 18.4 Å². The maximum Gasteiger partial charge on any atom is 0.338 e. The number of rotatable bonds is 4. The van der Waals surface area contributed by atoms with Crippen molar-refractivity contribution in [2.75, 3.05) is 18.1 Å². The predicted octanol–water partition coefficient (Wildman–Crippen LogP) is 3.86. The molecule has 1 aliphatic heterocycles. The average molecular weight is 436 g/mol. The predicted molar refractivity (Wildman–Crippen MR) is 113 cm³/mol. The van der Waals surface area contributed by atoms with Crippen molar-refractivity contribution in [3.63, 3.8) is 0 Å². The molecule has 0 N–H and O–H groups in total. The highest BCUT2D eigenvalue weighted by molar-refractivity contribution is 5.99. The van der Waals surface area contributed by atoms with E-state index in [1.807, 2.05) is 0 Å². The third kappa shape index (κ3) is 3.35. The van der Waals surface area contributed by atoms with Gasteiger partial charge in [-0.1, -0.05) is 0 Å². The van der Waals surface area contributed by atoms with Crippen molar-refractivity contribution in [3.05, 3.63) is 71.4 Å². The Labute approximate surface area is 181 Å². The van der Waals surface area contributed by atoms with Crippen LogP contribution in [0.4, 0.5) is 14.6 Å². The molecule has 1 saturated heterocycles. The first-order valence-electron chi connectivity index (χ1n) is 10.1. The first-order valence-corrected chi connectivity index (χ1v) is 10.1. The number of esters is 1. The van der Waals surface area contributed by atoms with E-state index in [-0.39, 0.29) is 30.9 Å². The van der Waals surface area contributed by atoms with Gasteiger partial charge in [0.1, 0.15) is 17.5 Å². The fourth-order valence-corrected chi connectivity index (χ4v) is 4.07. The highest BCUT2D eigenvalue weighted by atomic mass is 19.1. The molecule has 1 atom stereocenters. The van der Waals surface area contributed by atoms with E-state index in [0.29, 0.717) is 27.9 Å². The fourth-order valence-electron chi connectivity index (χ4n) is 4.07. The number of fused-ring (bicyclic) bond motifs is 3. The summed E-state index contributed by atoms with van der Waals surface area (Å²) in [7, 11) is 0. The van der Waals surface area contributed by atoms with E-state index >= 15 is 0 Å². The summed E-state index contributed by atoms with van der Waals surface area (Å²) in [6.45, 7) is 2.02. The Morgan fingerprint density at radius 1 is 1.19 bits per heavy atom. The average Bonchev–Trinajstić information content (AvgIpc) is 3.35. The Morgan fingerprint density at radius 3 is 2.84 bits per heavy atom. The maximum atomic E-state index is 14.4. The molecule has 4 aromatic rings. The van der Waals surface area contributed by atoms with E-state index < -0.39 is 23.6 Å². The van der Waals surface area contributed by atoms with Crippen molar-refractivity contribution in [1.29, 1.82) is 0 Å². The van der Waals surface area contributed by atoms with Crippen LogP contribution in [0, 0.1) is 11.6 Å². The maximum absolute atomic E-state index is 14.4. The third-order valence-electron chi connectivity index (χ3n) is 5.52. The Kier molecular flexibility index (Phi) is 4.80. The molecule has 5 rings (SSSR count). The molecule has 7 nitrogen and oxygen atoms in total. The number of Topliss-reactive ketones (excluding diaryl/α,β-unsaturated/α-hetero) is 1. The van der Waals surface area contributed by atoms with Crippen LogP contribution >= 0.6 is 0 Å². The second-order valence-electron chi connectivity index (χ2n) is 7.56. The molecule has 1 fully saturated rings. The van der Waals surface area contributed by atoms with Crippen LogP contribution in [0.15, 0.2) is 48.7 Å². The van der Waals surface area contributed by atoms with E-state index in [1.54, 1.807) is 46.8 Å². The molecule has 0 radical (unpaired) electrons. The summed E-state index contributed by atoms with van der Waals surface area (Å²) in [4.78, 5) is 30.7. The molecule has 2 aromatic heterocycles. The van der Waals surface area contributed by atoms with E-state index in [2.05, 4.69) is 10.1 Å². The minimum atomic E-state index is -0.669. The molecule has 1 aliphatic rings. The lowest BCUT2D eigenvalue weighted by Crippen LogP contribution is -2.25. The van der Waals surface area contributed by atoms with Gasteiger partial charge >= 0.3 is 5.97 Å². The first-order chi connectivity index (χ1) is 15.4. The highest BCUT2D eigenvalue weighted by Crippen LogP contribution is 2.36. The smallest absolute Gasteiger partial charge is 0.338 e. The van der Waals surface area contributed by atoms with E-state index in [4.69, 9.17) is 4.74 Å². The van der Waals surface area contributed by atoms with Crippen molar-refractivity contribution in [1.82, 2.24) is 14.6 Å². The molecule has 0 bridgehead atoms. The fraction of sp³-hybridized carbons (Fsp3) is 0.217. The SMILES string of the molecule is CCOC(=O)c1ccc2nn3ccc(N4CC(=O)CC4c4cc(F)ccc4F)nc3c2c1. The van der Waals surface area contributed by atoms with Gasteiger partial charge in [-0.2, -0.15) is 5.10 Å². The number of carbonyl (C=O) groups excluding carboxylic acids is 2. The van der Waals surface area contributed by atoms with E-state index in [0.717, 1.165) is 18.2 Å². The lowest BCUT2D eigenvalue weighted by atomic mass is 10.0. The second kappa shape index (κ2) is 7.67. The largest absolute Gasteiger partial charge is 0.462 e. The normalized spacial score (nSPS) is 16.3. The van der Waals surface area contributed by atoms with Crippen LogP contribution in [-0.2, 0) is 9.53 Å². The number of hydrogen-bond donors (Lipinski definition) is 0. The number of aromatic nitrogens is 3. The van der Waals surface area contributed by atoms with Gasteiger partial charge in [-0.3, -0.25) is 4.79 Å². The molecule has 9 heteroatoms. The lowest BCUT2D eigenvalue weighted by molar-refractivity contribution is -0.116. The molecule has 162 valence electrons. The van der Waals surface area contributed by atoms with Crippen molar-refractivity contribution in [3.8, 4) is 0 Å². The van der Waals surface area contributed by atoms with Crippen LogP contribution in [0.25, 0.3) is 16.6 Å². The monoisotopic (exact) mass is 436 g/mol. The van der Waals surface area contributed by atoms with Crippen molar-refractivity contribution in [2.24, 2.45) is 0 Å².